The van der Waals surface area contributed by atoms with E-state index in [0.717, 1.165) is 16.8 Å². The maximum absolute atomic E-state index is 12.3. The third-order valence-corrected chi connectivity index (χ3v) is 4.73. The van der Waals surface area contributed by atoms with Gasteiger partial charge in [-0.05, 0) is 49.4 Å². The second-order valence-electron chi connectivity index (χ2n) is 6.43. The van der Waals surface area contributed by atoms with Crippen LogP contribution in [0.4, 0.5) is 0 Å². The minimum absolute atomic E-state index is 0.0245. The number of carbonyl (C=O) groups excluding carboxylic acids is 1. The van der Waals surface area contributed by atoms with E-state index in [1.807, 2.05) is 60.5 Å². The predicted octanol–water partition coefficient (Wildman–Crippen LogP) is 3.23. The van der Waals surface area contributed by atoms with E-state index in [1.54, 1.807) is 11.0 Å². The van der Waals surface area contributed by atoms with Crippen molar-refractivity contribution in [2.24, 2.45) is 0 Å². The van der Waals surface area contributed by atoms with E-state index < -0.39 is 0 Å². The summed E-state index contributed by atoms with van der Waals surface area (Å²) >= 11 is 5.97. The molecule has 1 heterocycles. The van der Waals surface area contributed by atoms with Crippen LogP contribution in [0.3, 0.4) is 0 Å². The van der Waals surface area contributed by atoms with Crippen LogP contribution in [-0.2, 0) is 11.3 Å². The molecule has 0 aliphatic heterocycles. The molecule has 3 rings (SSSR count). The molecule has 7 heteroatoms. The Morgan fingerprint density at radius 1 is 1.26 bits per heavy atom. The monoisotopic (exact) mass is 383 g/mol. The van der Waals surface area contributed by atoms with Gasteiger partial charge in [-0.15, -0.1) is 0 Å². The SMILES string of the molecule is CC(c1ccc(-n2cncn2)cc1)N(C)CC(=O)NCc1cccc(Cl)c1. The molecule has 0 saturated heterocycles. The zero-order chi connectivity index (χ0) is 19.2. The summed E-state index contributed by atoms with van der Waals surface area (Å²) in [5.74, 6) is -0.0245. The molecule has 1 atom stereocenters. The Labute approximate surface area is 163 Å². The van der Waals surface area contributed by atoms with E-state index in [4.69, 9.17) is 11.6 Å². The molecule has 0 radical (unpaired) electrons. The second kappa shape index (κ2) is 8.79. The molecule has 0 spiro atoms. The van der Waals surface area contributed by atoms with Gasteiger partial charge in [0.15, 0.2) is 0 Å². The molecular formula is C20H22ClN5O. The van der Waals surface area contributed by atoms with Crippen LogP contribution >= 0.6 is 11.6 Å². The van der Waals surface area contributed by atoms with Crippen LogP contribution < -0.4 is 5.32 Å². The fourth-order valence-electron chi connectivity index (χ4n) is 2.77. The lowest BCUT2D eigenvalue weighted by Gasteiger charge is -2.24. The molecular weight excluding hydrogens is 362 g/mol. The average molecular weight is 384 g/mol. The zero-order valence-electron chi connectivity index (χ0n) is 15.3. The van der Waals surface area contributed by atoms with E-state index in [1.165, 1.54) is 6.33 Å². The van der Waals surface area contributed by atoms with Crippen molar-refractivity contribution in [3.05, 3.63) is 77.3 Å². The molecule has 1 N–H and O–H groups in total. The molecule has 0 aliphatic carbocycles. The minimum Gasteiger partial charge on any atom is -0.351 e. The van der Waals surface area contributed by atoms with Gasteiger partial charge in [0, 0.05) is 17.6 Å². The zero-order valence-corrected chi connectivity index (χ0v) is 16.1. The third-order valence-electron chi connectivity index (χ3n) is 4.49. The Hall–Kier alpha value is -2.70. The lowest BCUT2D eigenvalue weighted by molar-refractivity contribution is -0.122. The Morgan fingerprint density at radius 2 is 2.04 bits per heavy atom. The van der Waals surface area contributed by atoms with Crippen molar-refractivity contribution in [2.75, 3.05) is 13.6 Å². The molecule has 2 aromatic carbocycles. The molecule has 1 amide bonds. The normalized spacial score (nSPS) is 12.1. The second-order valence-corrected chi connectivity index (χ2v) is 6.87. The maximum Gasteiger partial charge on any atom is 0.234 e. The molecule has 0 bridgehead atoms. The number of nitrogens with zero attached hydrogens (tertiary/aromatic N) is 4. The molecule has 1 unspecified atom stereocenters. The summed E-state index contributed by atoms with van der Waals surface area (Å²) < 4.78 is 1.71. The van der Waals surface area contributed by atoms with Gasteiger partial charge in [0.1, 0.15) is 12.7 Å². The lowest BCUT2D eigenvalue weighted by Crippen LogP contribution is -2.36. The van der Waals surface area contributed by atoms with E-state index in [2.05, 4.69) is 22.3 Å². The van der Waals surface area contributed by atoms with Crippen LogP contribution in [0.15, 0.2) is 61.2 Å². The largest absolute Gasteiger partial charge is 0.351 e. The first-order valence-corrected chi connectivity index (χ1v) is 9.07. The predicted molar refractivity (Wildman–Crippen MR) is 106 cm³/mol. The summed E-state index contributed by atoms with van der Waals surface area (Å²) in [4.78, 5) is 18.2. The number of carbonyl (C=O) groups is 1. The molecule has 6 nitrogen and oxygen atoms in total. The first kappa shape index (κ1) is 19.1. The molecule has 0 fully saturated rings. The highest BCUT2D eigenvalue weighted by Gasteiger charge is 2.15. The first-order valence-electron chi connectivity index (χ1n) is 8.69. The smallest absolute Gasteiger partial charge is 0.234 e. The Kier molecular flexibility index (Phi) is 6.21. The van der Waals surface area contributed by atoms with Crippen molar-refractivity contribution in [3.8, 4) is 5.69 Å². The van der Waals surface area contributed by atoms with E-state index >= 15 is 0 Å². The highest BCUT2D eigenvalue weighted by molar-refractivity contribution is 6.30. The molecule has 3 aromatic rings. The fraction of sp³-hybridized carbons (Fsp3) is 0.250. The van der Waals surface area contributed by atoms with Gasteiger partial charge in [-0.25, -0.2) is 9.67 Å². The van der Waals surface area contributed by atoms with Crippen LogP contribution in [0.1, 0.15) is 24.1 Å². The van der Waals surface area contributed by atoms with Crippen LogP contribution in [0.25, 0.3) is 5.69 Å². The number of nitrogens with one attached hydrogen (secondary N) is 1. The van der Waals surface area contributed by atoms with E-state index in [-0.39, 0.29) is 11.9 Å². The van der Waals surface area contributed by atoms with Crippen LogP contribution in [0, 0.1) is 0 Å². The van der Waals surface area contributed by atoms with Gasteiger partial charge in [-0.3, -0.25) is 9.69 Å². The molecule has 140 valence electrons. The van der Waals surface area contributed by atoms with Crippen LogP contribution in [-0.4, -0.2) is 39.2 Å². The van der Waals surface area contributed by atoms with Gasteiger partial charge in [-0.2, -0.15) is 5.10 Å². The number of aromatic nitrogens is 3. The van der Waals surface area contributed by atoms with E-state index in [9.17, 15) is 4.79 Å². The van der Waals surface area contributed by atoms with Gasteiger partial charge in [0.2, 0.25) is 5.91 Å². The van der Waals surface area contributed by atoms with Crippen LogP contribution in [0.5, 0.6) is 0 Å². The quantitative estimate of drug-likeness (QED) is 0.680. The number of amides is 1. The number of rotatable bonds is 7. The van der Waals surface area contributed by atoms with Gasteiger partial charge in [-0.1, -0.05) is 35.9 Å². The highest BCUT2D eigenvalue weighted by Crippen LogP contribution is 2.20. The molecule has 27 heavy (non-hydrogen) atoms. The Balaban J connectivity index is 1.53. The average Bonchev–Trinajstić information content (AvgIpc) is 3.21. The molecule has 0 saturated carbocycles. The van der Waals surface area contributed by atoms with Crippen molar-refractivity contribution in [1.29, 1.82) is 0 Å². The summed E-state index contributed by atoms with van der Waals surface area (Å²) in [5.41, 5.74) is 3.06. The Bertz CT molecular complexity index is 880. The number of halogens is 1. The topological polar surface area (TPSA) is 63.1 Å². The van der Waals surface area contributed by atoms with Crippen molar-refractivity contribution in [3.63, 3.8) is 0 Å². The number of likely N-dealkylation sites (N-methyl/N-ethyl adjacent to an activating group) is 1. The highest BCUT2D eigenvalue weighted by atomic mass is 35.5. The van der Waals surface area contributed by atoms with Crippen molar-refractivity contribution in [1.82, 2.24) is 25.0 Å². The Morgan fingerprint density at radius 3 is 2.70 bits per heavy atom. The summed E-state index contributed by atoms with van der Waals surface area (Å²) in [7, 11) is 1.94. The van der Waals surface area contributed by atoms with E-state index in [0.29, 0.717) is 18.1 Å². The summed E-state index contributed by atoms with van der Waals surface area (Å²) in [6, 6.07) is 15.7. The third kappa shape index (κ3) is 5.15. The minimum atomic E-state index is -0.0245. The van der Waals surface area contributed by atoms with Gasteiger partial charge in [0.25, 0.3) is 0 Å². The number of hydrogen-bond donors (Lipinski definition) is 1. The van der Waals surface area contributed by atoms with Crippen LogP contribution in [0.2, 0.25) is 5.02 Å². The fourth-order valence-corrected chi connectivity index (χ4v) is 2.98. The number of hydrogen-bond acceptors (Lipinski definition) is 4. The molecule has 1 aromatic heterocycles. The van der Waals surface area contributed by atoms with Gasteiger partial charge < -0.3 is 5.32 Å². The summed E-state index contributed by atoms with van der Waals surface area (Å²) in [6.45, 7) is 2.86. The van der Waals surface area contributed by atoms with Crippen molar-refractivity contribution in [2.45, 2.75) is 19.5 Å². The lowest BCUT2D eigenvalue weighted by atomic mass is 10.1. The van der Waals surface area contributed by atoms with Crippen molar-refractivity contribution < 1.29 is 4.79 Å². The van der Waals surface area contributed by atoms with Gasteiger partial charge >= 0.3 is 0 Å². The molecule has 0 aliphatic rings. The first-order chi connectivity index (χ1) is 13.0. The number of benzene rings is 2. The summed E-state index contributed by atoms with van der Waals surface area (Å²) in [5, 5.41) is 7.72. The standard InChI is InChI=1S/C20H22ClN5O/c1-15(17-6-8-19(9-7-17)26-14-22-13-24-26)25(2)12-20(27)23-11-16-4-3-5-18(21)10-16/h3-10,13-15H,11-12H2,1-2H3,(H,23,27). The van der Waals surface area contributed by atoms with Gasteiger partial charge in [0.05, 0.1) is 12.2 Å². The van der Waals surface area contributed by atoms with Crippen molar-refractivity contribution >= 4 is 17.5 Å². The maximum atomic E-state index is 12.3. The summed E-state index contributed by atoms with van der Waals surface area (Å²) in [6.07, 6.45) is 3.17.